The number of benzene rings is 1. The summed E-state index contributed by atoms with van der Waals surface area (Å²) in [7, 11) is 1.62. The highest BCUT2D eigenvalue weighted by molar-refractivity contribution is 5.79. The number of likely N-dealkylation sites (tertiary alicyclic amines) is 1. The van der Waals surface area contributed by atoms with E-state index in [0.717, 1.165) is 37.3 Å². The van der Waals surface area contributed by atoms with Crippen molar-refractivity contribution in [3.63, 3.8) is 0 Å². The molecule has 5 heteroatoms. The van der Waals surface area contributed by atoms with Gasteiger partial charge in [0.15, 0.2) is 11.5 Å². The van der Waals surface area contributed by atoms with Crippen LogP contribution < -0.4 is 15.2 Å². The second-order valence-electron chi connectivity index (χ2n) is 4.95. The molecule has 0 bridgehead atoms. The van der Waals surface area contributed by atoms with Gasteiger partial charge in [-0.05, 0) is 31.5 Å². The highest BCUT2D eigenvalue weighted by Gasteiger charge is 2.26. The van der Waals surface area contributed by atoms with Crippen molar-refractivity contribution >= 4 is 5.91 Å². The van der Waals surface area contributed by atoms with E-state index in [-0.39, 0.29) is 11.9 Å². The molecule has 1 saturated heterocycles. The summed E-state index contributed by atoms with van der Waals surface area (Å²) in [5.41, 5.74) is 5.44. The van der Waals surface area contributed by atoms with Crippen LogP contribution in [0.5, 0.6) is 11.5 Å². The Kier molecular flexibility index (Phi) is 5.24. The van der Waals surface area contributed by atoms with E-state index < -0.39 is 0 Å². The minimum absolute atomic E-state index is 0.148. The molecule has 1 aliphatic heterocycles. The summed E-state index contributed by atoms with van der Waals surface area (Å²) in [5, 5.41) is 0. The summed E-state index contributed by atoms with van der Waals surface area (Å²) >= 11 is 0. The molecular formula is C15H22N2O3. The maximum absolute atomic E-state index is 11.4. The quantitative estimate of drug-likeness (QED) is 0.854. The van der Waals surface area contributed by atoms with E-state index in [0.29, 0.717) is 13.2 Å². The zero-order chi connectivity index (χ0) is 14.4. The van der Waals surface area contributed by atoms with Crippen LogP contribution in [-0.4, -0.2) is 43.7 Å². The molecule has 1 amide bonds. The first-order valence-corrected chi connectivity index (χ1v) is 7.01. The van der Waals surface area contributed by atoms with Crippen LogP contribution in [0.25, 0.3) is 0 Å². The standard InChI is InChI=1S/C15H22N2O3/c1-19-13-7-2-3-8-14(13)20-11-10-17-9-5-4-6-12(17)15(16)18/h2-3,7-8,12H,4-6,9-11H2,1H3,(H2,16,18)/t12-/m1/s1. The van der Waals surface area contributed by atoms with Crippen molar-refractivity contribution in [3.05, 3.63) is 24.3 Å². The first-order chi connectivity index (χ1) is 9.72. The van der Waals surface area contributed by atoms with E-state index in [1.165, 1.54) is 0 Å². The Morgan fingerprint density at radius 2 is 2.10 bits per heavy atom. The van der Waals surface area contributed by atoms with Gasteiger partial charge >= 0.3 is 0 Å². The Morgan fingerprint density at radius 3 is 2.80 bits per heavy atom. The third kappa shape index (κ3) is 3.63. The number of amides is 1. The van der Waals surface area contributed by atoms with Gasteiger partial charge in [-0.1, -0.05) is 18.6 Å². The number of nitrogens with zero attached hydrogens (tertiary/aromatic N) is 1. The third-order valence-electron chi connectivity index (χ3n) is 3.65. The average Bonchev–Trinajstić information content (AvgIpc) is 2.48. The monoisotopic (exact) mass is 278 g/mol. The van der Waals surface area contributed by atoms with Gasteiger partial charge in [0.2, 0.25) is 5.91 Å². The first-order valence-electron chi connectivity index (χ1n) is 7.01. The largest absolute Gasteiger partial charge is 0.493 e. The van der Waals surface area contributed by atoms with Crippen LogP contribution in [0.3, 0.4) is 0 Å². The summed E-state index contributed by atoms with van der Waals surface area (Å²) in [6.07, 6.45) is 3.03. The molecule has 2 rings (SSSR count). The molecule has 20 heavy (non-hydrogen) atoms. The second-order valence-corrected chi connectivity index (χ2v) is 4.95. The fourth-order valence-electron chi connectivity index (χ4n) is 2.59. The SMILES string of the molecule is COc1ccccc1OCCN1CCCC[C@@H]1C(N)=O. The molecule has 1 fully saturated rings. The van der Waals surface area contributed by atoms with Gasteiger partial charge in [0, 0.05) is 6.54 Å². The van der Waals surface area contributed by atoms with Crippen molar-refractivity contribution in [2.24, 2.45) is 5.73 Å². The lowest BCUT2D eigenvalue weighted by molar-refractivity contribution is -0.124. The molecule has 1 heterocycles. The first kappa shape index (κ1) is 14.7. The van der Waals surface area contributed by atoms with Gasteiger partial charge in [0.1, 0.15) is 6.61 Å². The van der Waals surface area contributed by atoms with E-state index in [9.17, 15) is 4.79 Å². The second kappa shape index (κ2) is 7.14. The Morgan fingerprint density at radius 1 is 1.35 bits per heavy atom. The number of rotatable bonds is 6. The van der Waals surface area contributed by atoms with Crippen LogP contribution in [-0.2, 0) is 4.79 Å². The van der Waals surface area contributed by atoms with Crippen LogP contribution >= 0.6 is 0 Å². The molecule has 1 aromatic carbocycles. The van der Waals surface area contributed by atoms with Crippen molar-refractivity contribution in [2.45, 2.75) is 25.3 Å². The van der Waals surface area contributed by atoms with Gasteiger partial charge in [-0.25, -0.2) is 0 Å². The fraction of sp³-hybridized carbons (Fsp3) is 0.533. The number of piperidine rings is 1. The number of primary amides is 1. The van der Waals surface area contributed by atoms with Gasteiger partial charge in [-0.15, -0.1) is 0 Å². The molecule has 0 aliphatic carbocycles. The van der Waals surface area contributed by atoms with Gasteiger partial charge in [-0.2, -0.15) is 0 Å². The van der Waals surface area contributed by atoms with Crippen molar-refractivity contribution in [3.8, 4) is 11.5 Å². The molecule has 2 N–H and O–H groups in total. The minimum atomic E-state index is -0.234. The predicted molar refractivity (Wildman–Crippen MR) is 76.9 cm³/mol. The Labute approximate surface area is 119 Å². The van der Waals surface area contributed by atoms with Crippen LogP contribution in [0.2, 0.25) is 0 Å². The van der Waals surface area contributed by atoms with Crippen LogP contribution in [0.1, 0.15) is 19.3 Å². The van der Waals surface area contributed by atoms with Crippen LogP contribution in [0.15, 0.2) is 24.3 Å². The molecule has 0 unspecified atom stereocenters. The van der Waals surface area contributed by atoms with E-state index >= 15 is 0 Å². The van der Waals surface area contributed by atoms with E-state index in [1.807, 2.05) is 24.3 Å². The number of carbonyl (C=O) groups is 1. The van der Waals surface area contributed by atoms with Crippen molar-refractivity contribution < 1.29 is 14.3 Å². The molecule has 1 atom stereocenters. The number of ether oxygens (including phenoxy) is 2. The van der Waals surface area contributed by atoms with Crippen LogP contribution in [0, 0.1) is 0 Å². The molecular weight excluding hydrogens is 256 g/mol. The van der Waals surface area contributed by atoms with E-state index in [1.54, 1.807) is 7.11 Å². The van der Waals surface area contributed by atoms with Gasteiger partial charge in [-0.3, -0.25) is 9.69 Å². The van der Waals surface area contributed by atoms with Crippen molar-refractivity contribution in [2.75, 3.05) is 26.8 Å². The predicted octanol–water partition coefficient (Wildman–Crippen LogP) is 1.41. The number of hydrogen-bond acceptors (Lipinski definition) is 4. The van der Waals surface area contributed by atoms with Gasteiger partial charge in [0.05, 0.1) is 13.2 Å². The average molecular weight is 278 g/mol. The molecule has 1 aliphatic rings. The number of hydrogen-bond donors (Lipinski definition) is 1. The zero-order valence-corrected chi connectivity index (χ0v) is 11.9. The van der Waals surface area contributed by atoms with E-state index in [2.05, 4.69) is 4.90 Å². The lowest BCUT2D eigenvalue weighted by Crippen LogP contribution is -2.48. The maximum atomic E-state index is 11.4. The number of para-hydroxylation sites is 2. The highest BCUT2D eigenvalue weighted by atomic mass is 16.5. The highest BCUT2D eigenvalue weighted by Crippen LogP contribution is 2.25. The Hall–Kier alpha value is -1.75. The number of carbonyl (C=O) groups excluding carboxylic acids is 1. The Bertz CT molecular complexity index is 450. The molecule has 0 spiro atoms. The molecule has 110 valence electrons. The van der Waals surface area contributed by atoms with E-state index in [4.69, 9.17) is 15.2 Å². The lowest BCUT2D eigenvalue weighted by atomic mass is 10.0. The summed E-state index contributed by atoms with van der Waals surface area (Å²) in [5.74, 6) is 1.21. The minimum Gasteiger partial charge on any atom is -0.493 e. The zero-order valence-electron chi connectivity index (χ0n) is 11.9. The maximum Gasteiger partial charge on any atom is 0.234 e. The summed E-state index contributed by atoms with van der Waals surface area (Å²) in [6, 6.07) is 7.40. The smallest absolute Gasteiger partial charge is 0.234 e. The summed E-state index contributed by atoms with van der Waals surface area (Å²) in [4.78, 5) is 13.5. The lowest BCUT2D eigenvalue weighted by Gasteiger charge is -2.33. The molecule has 1 aromatic rings. The van der Waals surface area contributed by atoms with Gasteiger partial charge in [0.25, 0.3) is 0 Å². The third-order valence-corrected chi connectivity index (χ3v) is 3.65. The molecule has 0 radical (unpaired) electrons. The molecule has 0 saturated carbocycles. The Balaban J connectivity index is 1.86. The molecule has 0 aromatic heterocycles. The van der Waals surface area contributed by atoms with Crippen LogP contribution in [0.4, 0.5) is 0 Å². The van der Waals surface area contributed by atoms with Crippen molar-refractivity contribution in [1.82, 2.24) is 4.90 Å². The number of nitrogens with two attached hydrogens (primary N) is 1. The fourth-order valence-corrected chi connectivity index (χ4v) is 2.59. The van der Waals surface area contributed by atoms with Gasteiger partial charge < -0.3 is 15.2 Å². The number of methoxy groups -OCH3 is 1. The molecule has 5 nitrogen and oxygen atoms in total. The summed E-state index contributed by atoms with van der Waals surface area (Å²) < 4.78 is 11.0. The summed E-state index contributed by atoms with van der Waals surface area (Å²) in [6.45, 7) is 2.12. The normalized spacial score (nSPS) is 19.6. The van der Waals surface area contributed by atoms with Crippen molar-refractivity contribution in [1.29, 1.82) is 0 Å². The topological polar surface area (TPSA) is 64.8 Å².